The van der Waals surface area contributed by atoms with Gasteiger partial charge in [0.15, 0.2) is 0 Å². The van der Waals surface area contributed by atoms with Gasteiger partial charge >= 0.3 is 5.97 Å². The molecule has 2 heterocycles. The van der Waals surface area contributed by atoms with Gasteiger partial charge in [-0.15, -0.1) is 11.3 Å². The normalized spacial score (nSPS) is 10.7. The summed E-state index contributed by atoms with van der Waals surface area (Å²) < 4.78 is 5.44. The number of fused-ring (bicyclic) bond motifs is 1. The molecule has 0 spiro atoms. The summed E-state index contributed by atoms with van der Waals surface area (Å²) in [5.41, 5.74) is 0.368. The lowest BCUT2D eigenvalue weighted by molar-refractivity contribution is 0.0702. The number of aromatic amines is 1. The lowest BCUT2D eigenvalue weighted by Gasteiger charge is -2.04. The van der Waals surface area contributed by atoms with Crippen molar-refractivity contribution < 1.29 is 14.6 Å². The van der Waals surface area contributed by atoms with Gasteiger partial charge in [0.25, 0.3) is 5.56 Å². The number of aromatic nitrogens is 2. The third-order valence-electron chi connectivity index (χ3n) is 2.82. The molecule has 0 aliphatic carbocycles. The van der Waals surface area contributed by atoms with Gasteiger partial charge in [0.2, 0.25) is 0 Å². The van der Waals surface area contributed by atoms with Gasteiger partial charge in [0, 0.05) is 11.4 Å². The summed E-state index contributed by atoms with van der Waals surface area (Å²) >= 11 is 1.08. The van der Waals surface area contributed by atoms with Gasteiger partial charge in [0.1, 0.15) is 23.1 Å². The molecule has 3 aromatic rings. The topological polar surface area (TPSA) is 92.3 Å². The zero-order valence-electron chi connectivity index (χ0n) is 10.7. The minimum Gasteiger partial charge on any atom is -0.485 e. The minimum atomic E-state index is -0.993. The van der Waals surface area contributed by atoms with Crippen LogP contribution >= 0.6 is 11.3 Å². The smallest absolute Gasteiger partial charge is 0.346 e. The molecule has 3 rings (SSSR count). The molecule has 7 heteroatoms. The van der Waals surface area contributed by atoms with Crippen LogP contribution in [-0.2, 0) is 6.61 Å². The highest BCUT2D eigenvalue weighted by Gasteiger charge is 2.09. The standard InChI is InChI=1S/C14H10N2O4S/c17-13-9-3-1-2-4-10(9)15-12(16-13)6-20-8-5-11(14(18)19)21-7-8/h1-5,7H,6H2,(H,18,19)(H,15,16,17). The van der Waals surface area contributed by atoms with Crippen molar-refractivity contribution in [3.05, 3.63) is 56.8 Å². The van der Waals surface area contributed by atoms with Crippen LogP contribution in [0.2, 0.25) is 0 Å². The van der Waals surface area contributed by atoms with E-state index in [9.17, 15) is 9.59 Å². The van der Waals surface area contributed by atoms with Gasteiger partial charge in [-0.25, -0.2) is 9.78 Å². The largest absolute Gasteiger partial charge is 0.485 e. The second-order valence-electron chi connectivity index (χ2n) is 4.27. The quantitative estimate of drug-likeness (QED) is 0.771. The van der Waals surface area contributed by atoms with Gasteiger partial charge in [-0.3, -0.25) is 4.79 Å². The molecule has 0 aliphatic rings. The molecular weight excluding hydrogens is 292 g/mol. The van der Waals surface area contributed by atoms with Crippen molar-refractivity contribution in [2.24, 2.45) is 0 Å². The van der Waals surface area contributed by atoms with Crippen molar-refractivity contribution in [1.29, 1.82) is 0 Å². The number of nitrogens with zero attached hydrogens (tertiary/aromatic N) is 1. The molecule has 0 fully saturated rings. The Morgan fingerprint density at radius 1 is 1.38 bits per heavy atom. The number of carbonyl (C=O) groups is 1. The summed E-state index contributed by atoms with van der Waals surface area (Å²) in [5.74, 6) is -0.165. The van der Waals surface area contributed by atoms with E-state index >= 15 is 0 Å². The van der Waals surface area contributed by atoms with Crippen molar-refractivity contribution in [2.45, 2.75) is 6.61 Å². The van der Waals surface area contributed by atoms with E-state index in [0.717, 1.165) is 11.3 Å². The fourth-order valence-corrected chi connectivity index (χ4v) is 2.53. The third-order valence-corrected chi connectivity index (χ3v) is 3.72. The lowest BCUT2D eigenvalue weighted by Crippen LogP contribution is -2.13. The van der Waals surface area contributed by atoms with Crippen molar-refractivity contribution in [3.8, 4) is 5.75 Å². The van der Waals surface area contributed by atoms with Crippen LogP contribution in [0.1, 0.15) is 15.5 Å². The number of aromatic carboxylic acids is 1. The number of para-hydroxylation sites is 1. The van der Waals surface area contributed by atoms with E-state index in [0.29, 0.717) is 22.5 Å². The summed E-state index contributed by atoms with van der Waals surface area (Å²) in [6, 6.07) is 8.46. The first-order valence-corrected chi connectivity index (χ1v) is 6.94. The first kappa shape index (κ1) is 13.3. The van der Waals surface area contributed by atoms with Crippen molar-refractivity contribution >= 4 is 28.2 Å². The summed E-state index contributed by atoms with van der Waals surface area (Å²) in [6.07, 6.45) is 0. The third kappa shape index (κ3) is 2.77. The van der Waals surface area contributed by atoms with Crippen LogP contribution in [-0.4, -0.2) is 21.0 Å². The van der Waals surface area contributed by atoms with Crippen LogP contribution in [0.5, 0.6) is 5.75 Å². The maximum absolute atomic E-state index is 11.9. The number of rotatable bonds is 4. The molecule has 0 unspecified atom stereocenters. The van der Waals surface area contributed by atoms with Crippen LogP contribution in [0.25, 0.3) is 10.9 Å². The fourth-order valence-electron chi connectivity index (χ4n) is 1.86. The molecule has 0 bridgehead atoms. The monoisotopic (exact) mass is 302 g/mol. The molecule has 6 nitrogen and oxygen atoms in total. The van der Waals surface area contributed by atoms with Gasteiger partial charge in [0.05, 0.1) is 10.9 Å². The van der Waals surface area contributed by atoms with Crippen LogP contribution in [0.3, 0.4) is 0 Å². The van der Waals surface area contributed by atoms with Crippen molar-refractivity contribution in [1.82, 2.24) is 9.97 Å². The highest BCUT2D eigenvalue weighted by molar-refractivity contribution is 7.12. The molecule has 0 saturated heterocycles. The summed E-state index contributed by atoms with van der Waals surface area (Å²) in [5, 5.41) is 11.0. The molecular formula is C14H10N2O4S. The Kier molecular flexibility index (Phi) is 3.41. The number of carboxylic acids is 1. The maximum Gasteiger partial charge on any atom is 0.346 e. The number of hydrogen-bond donors (Lipinski definition) is 2. The minimum absolute atomic E-state index is 0.0653. The Bertz CT molecular complexity index is 869. The Balaban J connectivity index is 1.81. The molecule has 0 aliphatic heterocycles. The predicted molar refractivity (Wildman–Crippen MR) is 78.0 cm³/mol. The van der Waals surface area contributed by atoms with Crippen LogP contribution in [0.4, 0.5) is 0 Å². The van der Waals surface area contributed by atoms with Crippen LogP contribution in [0, 0.1) is 0 Å². The average Bonchev–Trinajstić information content (AvgIpc) is 2.94. The molecule has 106 valence electrons. The Hall–Kier alpha value is -2.67. The van der Waals surface area contributed by atoms with E-state index < -0.39 is 5.97 Å². The fraction of sp³-hybridized carbons (Fsp3) is 0.0714. The van der Waals surface area contributed by atoms with Gasteiger partial charge in [-0.2, -0.15) is 0 Å². The summed E-state index contributed by atoms with van der Waals surface area (Å²) in [6.45, 7) is 0.0653. The number of benzene rings is 1. The highest BCUT2D eigenvalue weighted by Crippen LogP contribution is 2.22. The SMILES string of the molecule is O=C(O)c1cc(OCc2nc3ccccc3c(=O)[nH]2)cs1. The molecule has 2 N–H and O–H groups in total. The van der Waals surface area contributed by atoms with E-state index in [2.05, 4.69) is 9.97 Å². The zero-order chi connectivity index (χ0) is 14.8. The number of ether oxygens (including phenoxy) is 1. The Labute approximate surface area is 122 Å². The Morgan fingerprint density at radius 3 is 2.95 bits per heavy atom. The Morgan fingerprint density at radius 2 is 2.19 bits per heavy atom. The number of H-pyrrole nitrogens is 1. The molecule has 1 aromatic carbocycles. The van der Waals surface area contributed by atoms with Gasteiger partial charge in [-0.1, -0.05) is 12.1 Å². The molecule has 21 heavy (non-hydrogen) atoms. The van der Waals surface area contributed by atoms with Crippen molar-refractivity contribution in [2.75, 3.05) is 0 Å². The average molecular weight is 302 g/mol. The molecule has 0 saturated carbocycles. The first-order chi connectivity index (χ1) is 10.1. The van der Waals surface area contributed by atoms with Gasteiger partial charge < -0.3 is 14.8 Å². The van der Waals surface area contributed by atoms with Crippen LogP contribution in [0.15, 0.2) is 40.5 Å². The number of thiophene rings is 1. The molecule has 2 aromatic heterocycles. The second kappa shape index (κ2) is 5.37. The van der Waals surface area contributed by atoms with Crippen LogP contribution < -0.4 is 10.3 Å². The van der Waals surface area contributed by atoms with E-state index in [-0.39, 0.29) is 17.0 Å². The highest BCUT2D eigenvalue weighted by atomic mass is 32.1. The molecule has 0 radical (unpaired) electrons. The van der Waals surface area contributed by atoms with E-state index in [1.54, 1.807) is 29.6 Å². The lowest BCUT2D eigenvalue weighted by atomic mass is 10.2. The number of hydrogen-bond acceptors (Lipinski definition) is 5. The number of carboxylic acid groups (broad SMARTS) is 1. The summed E-state index contributed by atoms with van der Waals surface area (Å²) in [4.78, 5) is 29.8. The second-order valence-corrected chi connectivity index (χ2v) is 5.18. The number of nitrogens with one attached hydrogen (secondary N) is 1. The first-order valence-electron chi connectivity index (χ1n) is 6.06. The molecule has 0 amide bonds. The van der Waals surface area contributed by atoms with Crippen molar-refractivity contribution in [3.63, 3.8) is 0 Å². The summed E-state index contributed by atoms with van der Waals surface area (Å²) in [7, 11) is 0. The van der Waals surface area contributed by atoms with E-state index in [1.807, 2.05) is 0 Å². The van der Waals surface area contributed by atoms with E-state index in [4.69, 9.17) is 9.84 Å². The maximum atomic E-state index is 11.9. The van der Waals surface area contributed by atoms with Gasteiger partial charge in [-0.05, 0) is 12.1 Å². The van der Waals surface area contributed by atoms with E-state index in [1.165, 1.54) is 6.07 Å². The molecule has 0 atom stereocenters. The zero-order valence-corrected chi connectivity index (χ0v) is 11.5. The predicted octanol–water partition coefficient (Wildman–Crippen LogP) is 2.26.